The molecule has 0 atom stereocenters. The van der Waals surface area contributed by atoms with Gasteiger partial charge < -0.3 is 15.6 Å². The smallest absolute Gasteiger partial charge is 0.256 e. The van der Waals surface area contributed by atoms with Crippen LogP contribution in [0.3, 0.4) is 0 Å². The number of H-pyrrole nitrogens is 1. The van der Waals surface area contributed by atoms with E-state index in [-0.39, 0.29) is 11.7 Å². The lowest BCUT2D eigenvalue weighted by Gasteiger charge is -2.10. The molecule has 1 aliphatic heterocycles. The van der Waals surface area contributed by atoms with Gasteiger partial charge in [-0.3, -0.25) is 4.79 Å². The predicted octanol–water partition coefficient (Wildman–Crippen LogP) is 5.02. The van der Waals surface area contributed by atoms with Gasteiger partial charge in [0.15, 0.2) is 0 Å². The third-order valence-electron chi connectivity index (χ3n) is 4.22. The van der Waals surface area contributed by atoms with Gasteiger partial charge in [0.2, 0.25) is 0 Å². The minimum absolute atomic E-state index is 0.125. The molecule has 26 heavy (non-hydrogen) atoms. The summed E-state index contributed by atoms with van der Waals surface area (Å²) in [6, 6.07) is 14.1. The lowest BCUT2D eigenvalue weighted by atomic mass is 10.1. The lowest BCUT2D eigenvalue weighted by Crippen LogP contribution is -2.03. The zero-order chi connectivity index (χ0) is 18.1. The minimum atomic E-state index is -0.273. The normalized spacial score (nSPS) is 14.4. The van der Waals surface area contributed by atoms with E-state index in [2.05, 4.69) is 31.5 Å². The van der Waals surface area contributed by atoms with Gasteiger partial charge in [0.05, 0.1) is 5.57 Å². The first-order valence-electron chi connectivity index (χ1n) is 8.09. The van der Waals surface area contributed by atoms with Gasteiger partial charge in [-0.15, -0.1) is 0 Å². The molecule has 2 aromatic carbocycles. The van der Waals surface area contributed by atoms with Crippen LogP contribution in [-0.4, -0.2) is 10.9 Å². The average Bonchev–Trinajstić information content (AvgIpc) is 3.24. The van der Waals surface area contributed by atoms with E-state index in [1.165, 1.54) is 12.1 Å². The summed E-state index contributed by atoms with van der Waals surface area (Å²) in [4.78, 5) is 15.3. The zero-order valence-electron chi connectivity index (χ0n) is 13.6. The number of benzene rings is 2. The van der Waals surface area contributed by atoms with Crippen molar-refractivity contribution in [3.8, 4) is 0 Å². The van der Waals surface area contributed by atoms with Crippen LogP contribution in [0.1, 0.15) is 16.8 Å². The van der Waals surface area contributed by atoms with Crippen molar-refractivity contribution in [2.24, 2.45) is 0 Å². The summed E-state index contributed by atoms with van der Waals surface area (Å²) >= 11 is 3.43. The van der Waals surface area contributed by atoms with Crippen molar-refractivity contribution < 1.29 is 9.18 Å². The number of fused-ring (bicyclic) bond motifs is 1. The Kier molecular flexibility index (Phi) is 4.34. The highest BCUT2D eigenvalue weighted by molar-refractivity contribution is 9.10. The Morgan fingerprint density at radius 1 is 1.15 bits per heavy atom. The van der Waals surface area contributed by atoms with Gasteiger partial charge in [-0.2, -0.15) is 0 Å². The highest BCUT2D eigenvalue weighted by Gasteiger charge is 2.24. The summed E-state index contributed by atoms with van der Waals surface area (Å²) < 4.78 is 14.3. The standard InChI is InChI=1S/C20H15BrFN3O/c21-18-5-3-13(22)8-12(18)11-24-15-4-6-19-16(9-15)17(20(26)25-19)10-14-2-1-7-23-14/h1-10,23-24H,11H2,(H,25,26). The molecular weight excluding hydrogens is 397 g/mol. The monoisotopic (exact) mass is 411 g/mol. The molecule has 0 bridgehead atoms. The number of carbonyl (C=O) groups is 1. The second-order valence-electron chi connectivity index (χ2n) is 5.99. The molecule has 3 aromatic rings. The van der Waals surface area contributed by atoms with Gasteiger partial charge in [0.1, 0.15) is 5.82 Å². The van der Waals surface area contributed by atoms with Crippen molar-refractivity contribution >= 4 is 44.9 Å². The maximum Gasteiger partial charge on any atom is 0.256 e. The van der Waals surface area contributed by atoms with Crippen LogP contribution in [-0.2, 0) is 11.3 Å². The van der Waals surface area contributed by atoms with Crippen molar-refractivity contribution in [1.29, 1.82) is 0 Å². The Morgan fingerprint density at radius 3 is 2.85 bits per heavy atom. The Labute approximate surface area is 158 Å². The molecular formula is C20H15BrFN3O. The van der Waals surface area contributed by atoms with Crippen LogP contribution in [0.15, 0.2) is 59.2 Å². The molecule has 4 nitrogen and oxygen atoms in total. The molecule has 0 saturated heterocycles. The van der Waals surface area contributed by atoms with Crippen molar-refractivity contribution in [2.45, 2.75) is 6.54 Å². The first kappa shape index (κ1) is 16.6. The Hall–Kier alpha value is -2.86. The van der Waals surface area contributed by atoms with E-state index in [0.29, 0.717) is 12.1 Å². The van der Waals surface area contributed by atoms with E-state index in [1.54, 1.807) is 6.07 Å². The fourth-order valence-corrected chi connectivity index (χ4v) is 3.29. The Bertz CT molecular complexity index is 1010. The summed E-state index contributed by atoms with van der Waals surface area (Å²) in [5.41, 5.74) is 4.77. The van der Waals surface area contributed by atoms with Crippen molar-refractivity contribution in [2.75, 3.05) is 10.6 Å². The van der Waals surface area contributed by atoms with Gasteiger partial charge in [-0.05, 0) is 60.2 Å². The molecule has 0 radical (unpaired) electrons. The second kappa shape index (κ2) is 6.80. The maximum atomic E-state index is 13.4. The second-order valence-corrected chi connectivity index (χ2v) is 6.84. The first-order chi connectivity index (χ1) is 12.6. The highest BCUT2D eigenvalue weighted by Crippen LogP contribution is 2.35. The summed E-state index contributed by atoms with van der Waals surface area (Å²) in [6.07, 6.45) is 3.64. The van der Waals surface area contributed by atoms with Crippen molar-refractivity contribution in [3.05, 3.63) is 81.8 Å². The van der Waals surface area contributed by atoms with E-state index < -0.39 is 0 Å². The summed E-state index contributed by atoms with van der Waals surface area (Å²) in [5, 5.41) is 6.15. The number of halogens is 2. The number of hydrogen-bond acceptors (Lipinski definition) is 2. The zero-order valence-corrected chi connectivity index (χ0v) is 15.2. The molecule has 1 aromatic heterocycles. The lowest BCUT2D eigenvalue weighted by molar-refractivity contribution is -0.110. The quantitative estimate of drug-likeness (QED) is 0.527. The van der Waals surface area contributed by atoms with E-state index in [1.807, 2.05) is 42.6 Å². The molecule has 0 saturated carbocycles. The van der Waals surface area contributed by atoms with Gasteiger partial charge in [-0.25, -0.2) is 4.39 Å². The summed E-state index contributed by atoms with van der Waals surface area (Å²) in [7, 11) is 0. The maximum absolute atomic E-state index is 13.4. The molecule has 1 aliphatic rings. The van der Waals surface area contributed by atoms with Crippen LogP contribution in [0, 0.1) is 5.82 Å². The Balaban J connectivity index is 1.60. The van der Waals surface area contributed by atoms with Crippen molar-refractivity contribution in [3.63, 3.8) is 0 Å². The first-order valence-corrected chi connectivity index (χ1v) is 8.88. The number of aromatic amines is 1. The molecule has 130 valence electrons. The van der Waals surface area contributed by atoms with Crippen LogP contribution in [0.2, 0.25) is 0 Å². The van der Waals surface area contributed by atoms with Gasteiger partial charge >= 0.3 is 0 Å². The number of nitrogens with one attached hydrogen (secondary N) is 3. The SMILES string of the molecule is O=C1Nc2ccc(NCc3cc(F)ccc3Br)cc2C1=Cc1ccc[nH]1. The fourth-order valence-electron chi connectivity index (χ4n) is 2.91. The van der Waals surface area contributed by atoms with Crippen LogP contribution in [0.5, 0.6) is 0 Å². The van der Waals surface area contributed by atoms with E-state index >= 15 is 0 Å². The third-order valence-corrected chi connectivity index (χ3v) is 4.99. The summed E-state index contributed by atoms with van der Waals surface area (Å²) in [5.74, 6) is -0.399. The number of hydrogen-bond donors (Lipinski definition) is 3. The minimum Gasteiger partial charge on any atom is -0.381 e. The predicted molar refractivity (Wildman–Crippen MR) is 105 cm³/mol. The van der Waals surface area contributed by atoms with Gasteiger partial charge in [0.25, 0.3) is 5.91 Å². The average molecular weight is 412 g/mol. The molecule has 3 N–H and O–H groups in total. The Morgan fingerprint density at radius 2 is 2.04 bits per heavy atom. The molecule has 0 aliphatic carbocycles. The van der Waals surface area contributed by atoms with E-state index in [4.69, 9.17) is 0 Å². The molecule has 6 heteroatoms. The van der Waals surface area contributed by atoms with E-state index in [0.717, 1.165) is 32.7 Å². The van der Waals surface area contributed by atoms with Crippen LogP contribution in [0.25, 0.3) is 11.6 Å². The highest BCUT2D eigenvalue weighted by atomic mass is 79.9. The van der Waals surface area contributed by atoms with Gasteiger partial charge in [-0.1, -0.05) is 15.9 Å². The summed E-state index contributed by atoms with van der Waals surface area (Å²) in [6.45, 7) is 0.466. The molecule has 4 rings (SSSR count). The van der Waals surface area contributed by atoms with Gasteiger partial charge in [0, 0.05) is 39.8 Å². The molecule has 0 spiro atoms. The fraction of sp³-hybridized carbons (Fsp3) is 0.0500. The number of amides is 1. The topological polar surface area (TPSA) is 56.9 Å². The van der Waals surface area contributed by atoms with Crippen LogP contribution >= 0.6 is 15.9 Å². The number of aromatic nitrogens is 1. The van der Waals surface area contributed by atoms with Crippen LogP contribution in [0.4, 0.5) is 15.8 Å². The third kappa shape index (κ3) is 3.28. The molecule has 0 fully saturated rings. The molecule has 0 unspecified atom stereocenters. The van der Waals surface area contributed by atoms with E-state index in [9.17, 15) is 9.18 Å². The number of carbonyl (C=O) groups excluding carboxylic acids is 1. The largest absolute Gasteiger partial charge is 0.381 e. The van der Waals surface area contributed by atoms with Crippen LogP contribution < -0.4 is 10.6 Å². The molecule has 1 amide bonds. The number of rotatable bonds is 4. The number of anilines is 2. The molecule has 2 heterocycles. The van der Waals surface area contributed by atoms with Crippen molar-refractivity contribution in [1.82, 2.24) is 4.98 Å².